The van der Waals surface area contributed by atoms with Crippen molar-refractivity contribution in [1.29, 1.82) is 0 Å². The third kappa shape index (κ3) is 2.93. The third-order valence-corrected chi connectivity index (χ3v) is 3.15. The second kappa shape index (κ2) is 5.01. The SMILES string of the molecule is CCCC(C)(N)C(=O)Nc1ccc2nc(C)[nH]c2c1. The Hall–Kier alpha value is -1.88. The fourth-order valence-electron chi connectivity index (χ4n) is 2.12. The fraction of sp³-hybridized carbons (Fsp3) is 0.429. The number of hydrogen-bond donors (Lipinski definition) is 3. The van der Waals surface area contributed by atoms with E-state index in [1.165, 1.54) is 0 Å². The molecule has 2 aromatic rings. The van der Waals surface area contributed by atoms with Gasteiger partial charge in [0, 0.05) is 5.69 Å². The number of aryl methyl sites for hydroxylation is 1. The Morgan fingerprint density at radius 1 is 1.53 bits per heavy atom. The molecule has 0 bridgehead atoms. The Kier molecular flexibility index (Phi) is 3.57. The highest BCUT2D eigenvalue weighted by molar-refractivity contribution is 5.98. The van der Waals surface area contributed by atoms with Crippen molar-refractivity contribution >= 4 is 22.6 Å². The Morgan fingerprint density at radius 2 is 2.26 bits per heavy atom. The molecular formula is C14H20N4O. The molecule has 0 aliphatic carbocycles. The Labute approximate surface area is 112 Å². The topological polar surface area (TPSA) is 83.8 Å². The molecule has 1 aromatic carbocycles. The number of nitrogens with one attached hydrogen (secondary N) is 2. The summed E-state index contributed by atoms with van der Waals surface area (Å²) >= 11 is 0. The summed E-state index contributed by atoms with van der Waals surface area (Å²) in [5.41, 5.74) is 7.69. The average molecular weight is 260 g/mol. The number of carbonyl (C=O) groups is 1. The lowest BCUT2D eigenvalue weighted by molar-refractivity contribution is -0.120. The van der Waals surface area contributed by atoms with Gasteiger partial charge in [0.15, 0.2) is 0 Å². The molecule has 1 heterocycles. The highest BCUT2D eigenvalue weighted by Crippen LogP contribution is 2.19. The van der Waals surface area contributed by atoms with Crippen LogP contribution in [0.2, 0.25) is 0 Å². The van der Waals surface area contributed by atoms with Gasteiger partial charge in [-0.05, 0) is 38.5 Å². The van der Waals surface area contributed by atoms with E-state index in [9.17, 15) is 4.79 Å². The zero-order chi connectivity index (χ0) is 14.0. The van der Waals surface area contributed by atoms with Crippen molar-refractivity contribution in [2.75, 3.05) is 5.32 Å². The van der Waals surface area contributed by atoms with Crippen LogP contribution >= 0.6 is 0 Å². The molecule has 4 N–H and O–H groups in total. The van der Waals surface area contributed by atoms with E-state index in [1.54, 1.807) is 6.92 Å². The number of nitrogens with two attached hydrogens (primary N) is 1. The maximum absolute atomic E-state index is 12.1. The van der Waals surface area contributed by atoms with Crippen molar-refractivity contribution in [3.05, 3.63) is 24.0 Å². The number of nitrogens with zero attached hydrogens (tertiary/aromatic N) is 1. The fourth-order valence-corrected chi connectivity index (χ4v) is 2.12. The lowest BCUT2D eigenvalue weighted by atomic mass is 9.96. The molecule has 1 aromatic heterocycles. The Morgan fingerprint density at radius 3 is 2.95 bits per heavy atom. The number of benzene rings is 1. The lowest BCUT2D eigenvalue weighted by Crippen LogP contribution is -2.48. The van der Waals surface area contributed by atoms with E-state index in [1.807, 2.05) is 32.0 Å². The van der Waals surface area contributed by atoms with Crippen LogP contribution in [0.1, 0.15) is 32.5 Å². The van der Waals surface area contributed by atoms with Gasteiger partial charge in [-0.3, -0.25) is 4.79 Å². The number of aromatic nitrogens is 2. The molecule has 0 saturated carbocycles. The zero-order valence-corrected chi connectivity index (χ0v) is 11.6. The summed E-state index contributed by atoms with van der Waals surface area (Å²) in [6.07, 6.45) is 1.53. The number of rotatable bonds is 4. The quantitative estimate of drug-likeness (QED) is 0.788. The van der Waals surface area contributed by atoms with E-state index in [2.05, 4.69) is 15.3 Å². The number of H-pyrrole nitrogens is 1. The molecule has 0 spiro atoms. The molecule has 102 valence electrons. The van der Waals surface area contributed by atoms with Crippen molar-refractivity contribution in [3.8, 4) is 0 Å². The van der Waals surface area contributed by atoms with Crippen LogP contribution in [0.25, 0.3) is 11.0 Å². The van der Waals surface area contributed by atoms with E-state index >= 15 is 0 Å². The molecular weight excluding hydrogens is 240 g/mol. The zero-order valence-electron chi connectivity index (χ0n) is 11.6. The number of carbonyl (C=O) groups excluding carboxylic acids is 1. The maximum Gasteiger partial charge on any atom is 0.244 e. The van der Waals surface area contributed by atoms with Crippen molar-refractivity contribution in [2.45, 2.75) is 39.2 Å². The van der Waals surface area contributed by atoms with Crippen LogP contribution in [0, 0.1) is 6.92 Å². The summed E-state index contributed by atoms with van der Waals surface area (Å²) in [5.74, 6) is 0.693. The minimum atomic E-state index is -0.840. The molecule has 1 unspecified atom stereocenters. The van der Waals surface area contributed by atoms with Gasteiger partial charge in [0.25, 0.3) is 0 Å². The van der Waals surface area contributed by atoms with Gasteiger partial charge in [-0.1, -0.05) is 13.3 Å². The molecule has 0 fully saturated rings. The summed E-state index contributed by atoms with van der Waals surface area (Å²) in [7, 11) is 0. The van der Waals surface area contributed by atoms with Crippen molar-refractivity contribution in [2.24, 2.45) is 5.73 Å². The molecule has 0 saturated heterocycles. The number of hydrogen-bond acceptors (Lipinski definition) is 3. The number of imidazole rings is 1. The van der Waals surface area contributed by atoms with Gasteiger partial charge in [0.05, 0.1) is 16.6 Å². The molecule has 5 nitrogen and oxygen atoms in total. The first-order chi connectivity index (χ1) is 8.92. The molecule has 2 rings (SSSR count). The van der Waals surface area contributed by atoms with Crippen LogP contribution in [-0.4, -0.2) is 21.4 Å². The molecule has 0 aliphatic rings. The van der Waals surface area contributed by atoms with E-state index in [4.69, 9.17) is 5.73 Å². The Balaban J connectivity index is 2.19. The monoisotopic (exact) mass is 260 g/mol. The number of aromatic amines is 1. The minimum absolute atomic E-state index is 0.162. The summed E-state index contributed by atoms with van der Waals surface area (Å²) in [4.78, 5) is 19.6. The predicted octanol–water partition coefficient (Wildman–Crippen LogP) is 2.33. The number of amides is 1. The van der Waals surface area contributed by atoms with E-state index in [0.717, 1.165) is 29.0 Å². The highest BCUT2D eigenvalue weighted by Gasteiger charge is 2.27. The van der Waals surface area contributed by atoms with Crippen molar-refractivity contribution in [1.82, 2.24) is 9.97 Å². The average Bonchev–Trinajstić information content (AvgIpc) is 2.68. The second-order valence-electron chi connectivity index (χ2n) is 5.18. The van der Waals surface area contributed by atoms with Gasteiger partial charge in [-0.2, -0.15) is 0 Å². The van der Waals surface area contributed by atoms with Crippen LogP contribution in [0.5, 0.6) is 0 Å². The summed E-state index contributed by atoms with van der Waals surface area (Å²) in [5, 5.41) is 2.86. The van der Waals surface area contributed by atoms with Gasteiger partial charge < -0.3 is 16.0 Å². The smallest absolute Gasteiger partial charge is 0.244 e. The first-order valence-electron chi connectivity index (χ1n) is 6.49. The van der Waals surface area contributed by atoms with Crippen LogP contribution in [0.15, 0.2) is 18.2 Å². The minimum Gasteiger partial charge on any atom is -0.342 e. The van der Waals surface area contributed by atoms with E-state index < -0.39 is 5.54 Å². The third-order valence-electron chi connectivity index (χ3n) is 3.15. The van der Waals surface area contributed by atoms with Crippen LogP contribution < -0.4 is 11.1 Å². The number of fused-ring (bicyclic) bond motifs is 1. The van der Waals surface area contributed by atoms with Gasteiger partial charge in [-0.25, -0.2) is 4.98 Å². The standard InChI is InChI=1S/C14H20N4O/c1-4-7-14(3,15)13(19)18-10-5-6-11-12(8-10)17-9(2)16-11/h5-6,8H,4,7,15H2,1-3H3,(H,16,17)(H,18,19). The molecule has 0 aliphatic heterocycles. The summed E-state index contributed by atoms with van der Waals surface area (Å²) < 4.78 is 0. The molecule has 0 radical (unpaired) electrons. The van der Waals surface area contributed by atoms with Gasteiger partial charge in [-0.15, -0.1) is 0 Å². The van der Waals surface area contributed by atoms with Gasteiger partial charge >= 0.3 is 0 Å². The van der Waals surface area contributed by atoms with Crippen LogP contribution in [0.3, 0.4) is 0 Å². The predicted molar refractivity (Wildman–Crippen MR) is 77.0 cm³/mol. The van der Waals surface area contributed by atoms with Gasteiger partial charge in [0.1, 0.15) is 5.82 Å². The Bertz CT molecular complexity index is 601. The second-order valence-corrected chi connectivity index (χ2v) is 5.18. The summed E-state index contributed by atoms with van der Waals surface area (Å²) in [6.45, 7) is 5.67. The first kappa shape index (κ1) is 13.5. The highest BCUT2D eigenvalue weighted by atomic mass is 16.2. The first-order valence-corrected chi connectivity index (χ1v) is 6.49. The normalized spacial score (nSPS) is 14.3. The molecule has 1 atom stereocenters. The van der Waals surface area contributed by atoms with Crippen LogP contribution in [-0.2, 0) is 4.79 Å². The van der Waals surface area contributed by atoms with E-state index in [0.29, 0.717) is 6.42 Å². The van der Waals surface area contributed by atoms with Crippen molar-refractivity contribution < 1.29 is 4.79 Å². The summed E-state index contributed by atoms with van der Waals surface area (Å²) in [6, 6.07) is 5.58. The lowest BCUT2D eigenvalue weighted by Gasteiger charge is -2.22. The van der Waals surface area contributed by atoms with Gasteiger partial charge in [0.2, 0.25) is 5.91 Å². The van der Waals surface area contributed by atoms with Crippen LogP contribution in [0.4, 0.5) is 5.69 Å². The molecule has 1 amide bonds. The van der Waals surface area contributed by atoms with E-state index in [-0.39, 0.29) is 5.91 Å². The maximum atomic E-state index is 12.1. The largest absolute Gasteiger partial charge is 0.342 e. The molecule has 19 heavy (non-hydrogen) atoms. The van der Waals surface area contributed by atoms with Crippen molar-refractivity contribution in [3.63, 3.8) is 0 Å². The molecule has 5 heteroatoms. The number of anilines is 1.